The first kappa shape index (κ1) is 9.51. The van der Waals surface area contributed by atoms with Crippen LogP contribution in [0.1, 0.15) is 52.4 Å². The monoisotopic (exact) mass is 181 g/mol. The van der Waals surface area contributed by atoms with Gasteiger partial charge in [-0.2, -0.15) is 0 Å². The Hall–Kier alpha value is -0.0400. The van der Waals surface area contributed by atoms with Crippen LogP contribution in [0.5, 0.6) is 0 Å². The Morgan fingerprint density at radius 1 is 1.23 bits per heavy atom. The normalized spacial score (nSPS) is 36.5. The van der Waals surface area contributed by atoms with E-state index in [1.54, 1.807) is 0 Å². The molecule has 0 heterocycles. The van der Waals surface area contributed by atoms with E-state index in [-0.39, 0.29) is 0 Å². The van der Waals surface area contributed by atoms with E-state index in [1.807, 2.05) is 0 Å². The second-order valence-corrected chi connectivity index (χ2v) is 5.36. The molecule has 2 saturated carbocycles. The molecule has 3 atom stereocenters. The fourth-order valence-corrected chi connectivity index (χ4v) is 2.68. The minimum absolute atomic E-state index is 0.766. The second-order valence-electron chi connectivity index (χ2n) is 5.36. The fourth-order valence-electron chi connectivity index (χ4n) is 2.68. The van der Waals surface area contributed by atoms with Crippen molar-refractivity contribution in [2.24, 2.45) is 11.8 Å². The number of nitrogens with one attached hydrogen (secondary N) is 1. The standard InChI is InChI=1S/C12H23N/c1-9-3-6-12(7-9)13-10(2)8-11-4-5-11/h9-13H,3-8H2,1-2H3. The van der Waals surface area contributed by atoms with Crippen molar-refractivity contribution in [1.82, 2.24) is 5.32 Å². The highest BCUT2D eigenvalue weighted by molar-refractivity contribution is 4.83. The van der Waals surface area contributed by atoms with E-state index in [9.17, 15) is 0 Å². The van der Waals surface area contributed by atoms with Gasteiger partial charge >= 0.3 is 0 Å². The van der Waals surface area contributed by atoms with Crippen molar-refractivity contribution in [1.29, 1.82) is 0 Å². The summed E-state index contributed by atoms with van der Waals surface area (Å²) < 4.78 is 0. The predicted molar refractivity (Wildman–Crippen MR) is 56.7 cm³/mol. The maximum absolute atomic E-state index is 3.78. The van der Waals surface area contributed by atoms with Crippen LogP contribution < -0.4 is 5.32 Å². The molecule has 0 amide bonds. The summed E-state index contributed by atoms with van der Waals surface area (Å²) in [7, 11) is 0. The van der Waals surface area contributed by atoms with Gasteiger partial charge in [-0.1, -0.05) is 19.8 Å². The summed E-state index contributed by atoms with van der Waals surface area (Å²) in [5.74, 6) is 2.03. The van der Waals surface area contributed by atoms with Crippen LogP contribution in [0.4, 0.5) is 0 Å². The third-order valence-corrected chi connectivity index (χ3v) is 3.60. The van der Waals surface area contributed by atoms with Crippen LogP contribution >= 0.6 is 0 Å². The molecule has 0 aromatic rings. The molecule has 0 bridgehead atoms. The van der Waals surface area contributed by atoms with Gasteiger partial charge < -0.3 is 5.32 Å². The van der Waals surface area contributed by atoms with Crippen molar-refractivity contribution in [3.8, 4) is 0 Å². The SMILES string of the molecule is CC1CCC(NC(C)CC2CC2)C1. The molecule has 2 aliphatic carbocycles. The molecule has 13 heavy (non-hydrogen) atoms. The van der Waals surface area contributed by atoms with Crippen LogP contribution in [-0.2, 0) is 0 Å². The Morgan fingerprint density at radius 3 is 2.54 bits per heavy atom. The maximum Gasteiger partial charge on any atom is 0.00721 e. The highest BCUT2D eigenvalue weighted by atomic mass is 14.9. The topological polar surface area (TPSA) is 12.0 Å². The van der Waals surface area contributed by atoms with Gasteiger partial charge in [0, 0.05) is 12.1 Å². The summed E-state index contributed by atoms with van der Waals surface area (Å²) >= 11 is 0. The Kier molecular flexibility index (Phi) is 2.92. The molecule has 2 aliphatic rings. The highest BCUT2D eigenvalue weighted by Gasteiger charge is 2.26. The lowest BCUT2D eigenvalue weighted by Crippen LogP contribution is -2.35. The second kappa shape index (κ2) is 4.00. The minimum atomic E-state index is 0.766. The summed E-state index contributed by atoms with van der Waals surface area (Å²) in [6, 6.07) is 1.60. The molecule has 1 nitrogen and oxygen atoms in total. The van der Waals surface area contributed by atoms with E-state index in [4.69, 9.17) is 0 Å². The summed E-state index contributed by atoms with van der Waals surface area (Å²) in [4.78, 5) is 0. The van der Waals surface area contributed by atoms with Gasteiger partial charge in [0.05, 0.1) is 0 Å². The van der Waals surface area contributed by atoms with Crippen LogP contribution in [0.25, 0.3) is 0 Å². The van der Waals surface area contributed by atoms with Crippen LogP contribution in [0.2, 0.25) is 0 Å². The highest BCUT2D eigenvalue weighted by Crippen LogP contribution is 2.34. The molecule has 1 N–H and O–H groups in total. The van der Waals surface area contributed by atoms with E-state index in [1.165, 1.54) is 38.5 Å². The Labute approximate surface area is 82.3 Å². The van der Waals surface area contributed by atoms with Gasteiger partial charge in [-0.3, -0.25) is 0 Å². The molecule has 1 heteroatoms. The van der Waals surface area contributed by atoms with Crippen molar-refractivity contribution in [3.05, 3.63) is 0 Å². The average Bonchev–Trinajstić information content (AvgIpc) is 2.76. The van der Waals surface area contributed by atoms with Gasteiger partial charge in [0.2, 0.25) is 0 Å². The van der Waals surface area contributed by atoms with Crippen LogP contribution in [0.3, 0.4) is 0 Å². The van der Waals surface area contributed by atoms with Crippen molar-refractivity contribution in [2.75, 3.05) is 0 Å². The molecule has 0 aromatic carbocycles. The Bertz CT molecular complexity index is 163. The van der Waals surface area contributed by atoms with E-state index in [2.05, 4.69) is 19.2 Å². The zero-order valence-corrected chi connectivity index (χ0v) is 9.05. The van der Waals surface area contributed by atoms with Crippen molar-refractivity contribution in [3.63, 3.8) is 0 Å². The lowest BCUT2D eigenvalue weighted by Gasteiger charge is -2.19. The minimum Gasteiger partial charge on any atom is -0.311 e. The molecule has 2 rings (SSSR count). The lowest BCUT2D eigenvalue weighted by molar-refractivity contribution is 0.410. The van der Waals surface area contributed by atoms with E-state index in [0.29, 0.717) is 0 Å². The number of hydrogen-bond acceptors (Lipinski definition) is 1. The van der Waals surface area contributed by atoms with Crippen molar-refractivity contribution < 1.29 is 0 Å². The quantitative estimate of drug-likeness (QED) is 0.703. The zero-order valence-electron chi connectivity index (χ0n) is 9.05. The van der Waals surface area contributed by atoms with E-state index < -0.39 is 0 Å². The van der Waals surface area contributed by atoms with Gasteiger partial charge in [0.15, 0.2) is 0 Å². The molecular formula is C12H23N. The summed E-state index contributed by atoms with van der Waals surface area (Å²) in [6.07, 6.45) is 8.67. The molecular weight excluding hydrogens is 158 g/mol. The molecule has 0 saturated heterocycles. The van der Waals surface area contributed by atoms with Crippen LogP contribution in [-0.4, -0.2) is 12.1 Å². The fraction of sp³-hybridized carbons (Fsp3) is 1.00. The summed E-state index contributed by atoms with van der Waals surface area (Å²) in [5.41, 5.74) is 0. The smallest absolute Gasteiger partial charge is 0.00721 e. The van der Waals surface area contributed by atoms with Crippen molar-refractivity contribution >= 4 is 0 Å². The van der Waals surface area contributed by atoms with Crippen LogP contribution in [0, 0.1) is 11.8 Å². The van der Waals surface area contributed by atoms with Gasteiger partial charge in [-0.25, -0.2) is 0 Å². The lowest BCUT2D eigenvalue weighted by atomic mass is 10.1. The summed E-state index contributed by atoms with van der Waals surface area (Å²) in [5, 5.41) is 3.78. The first-order chi connectivity index (χ1) is 6.24. The molecule has 0 aromatic heterocycles. The van der Waals surface area contributed by atoms with Gasteiger partial charge in [-0.15, -0.1) is 0 Å². The molecule has 3 unspecified atom stereocenters. The van der Waals surface area contributed by atoms with E-state index in [0.717, 1.165) is 23.9 Å². The number of hydrogen-bond donors (Lipinski definition) is 1. The third kappa shape index (κ3) is 2.98. The molecule has 76 valence electrons. The van der Waals surface area contributed by atoms with Gasteiger partial charge in [-0.05, 0) is 44.4 Å². The van der Waals surface area contributed by atoms with Crippen LogP contribution in [0.15, 0.2) is 0 Å². The average molecular weight is 181 g/mol. The summed E-state index contributed by atoms with van der Waals surface area (Å²) in [6.45, 7) is 4.74. The largest absolute Gasteiger partial charge is 0.311 e. The van der Waals surface area contributed by atoms with Crippen molar-refractivity contribution in [2.45, 2.75) is 64.5 Å². The first-order valence-electron chi connectivity index (χ1n) is 6.00. The van der Waals surface area contributed by atoms with Gasteiger partial charge in [0.1, 0.15) is 0 Å². The zero-order chi connectivity index (χ0) is 9.26. The van der Waals surface area contributed by atoms with Gasteiger partial charge in [0.25, 0.3) is 0 Å². The third-order valence-electron chi connectivity index (χ3n) is 3.60. The molecule has 0 aliphatic heterocycles. The first-order valence-corrected chi connectivity index (χ1v) is 6.00. The molecule has 0 spiro atoms. The van der Waals surface area contributed by atoms with E-state index >= 15 is 0 Å². The predicted octanol–water partition coefficient (Wildman–Crippen LogP) is 2.95. The Balaban J connectivity index is 1.64. The Morgan fingerprint density at radius 2 is 2.00 bits per heavy atom. The maximum atomic E-state index is 3.78. The molecule has 0 radical (unpaired) electrons. The number of rotatable bonds is 4. The molecule has 2 fully saturated rings.